The first kappa shape index (κ1) is 17.7. The first-order valence-corrected chi connectivity index (χ1v) is 9.57. The van der Waals surface area contributed by atoms with E-state index in [2.05, 4.69) is 58.0 Å². The Hall–Kier alpha value is -2.72. The summed E-state index contributed by atoms with van der Waals surface area (Å²) in [7, 11) is 0. The molecular weight excluding hydrogens is 400 g/mol. The Labute approximate surface area is 166 Å². The lowest BCUT2D eigenvalue weighted by Gasteiger charge is -2.03. The lowest BCUT2D eigenvalue weighted by atomic mass is 10.1. The van der Waals surface area contributed by atoms with E-state index in [9.17, 15) is 0 Å². The summed E-state index contributed by atoms with van der Waals surface area (Å²) in [6.45, 7) is 6.17. The molecule has 4 heteroatoms. The van der Waals surface area contributed by atoms with E-state index in [1.807, 2.05) is 49.5 Å². The molecule has 3 nitrogen and oxygen atoms in total. The van der Waals surface area contributed by atoms with E-state index in [-0.39, 0.29) is 0 Å². The van der Waals surface area contributed by atoms with Crippen LogP contribution in [0.1, 0.15) is 22.3 Å². The molecule has 1 aromatic heterocycles. The minimum atomic E-state index is 0.624. The van der Waals surface area contributed by atoms with Crippen molar-refractivity contribution in [3.8, 4) is 11.5 Å². The van der Waals surface area contributed by atoms with Gasteiger partial charge in [0.15, 0.2) is 5.58 Å². The molecule has 0 saturated carbocycles. The summed E-state index contributed by atoms with van der Waals surface area (Å²) >= 11 is 3.45. The van der Waals surface area contributed by atoms with Crippen LogP contribution in [0.25, 0.3) is 22.6 Å². The van der Waals surface area contributed by atoms with Crippen LogP contribution in [-0.2, 0) is 0 Å². The van der Waals surface area contributed by atoms with Gasteiger partial charge in [-0.1, -0.05) is 40.2 Å². The third-order valence-corrected chi connectivity index (χ3v) is 5.03. The van der Waals surface area contributed by atoms with Crippen LogP contribution in [0, 0.1) is 20.8 Å². The van der Waals surface area contributed by atoms with Crippen molar-refractivity contribution >= 4 is 38.9 Å². The zero-order valence-electron chi connectivity index (χ0n) is 15.5. The molecule has 0 aliphatic heterocycles. The maximum absolute atomic E-state index is 6.04. The van der Waals surface area contributed by atoms with Crippen molar-refractivity contribution in [3.63, 3.8) is 0 Å². The molecule has 27 heavy (non-hydrogen) atoms. The molecule has 0 N–H and O–H groups in total. The fourth-order valence-corrected chi connectivity index (χ4v) is 3.34. The second-order valence-electron chi connectivity index (χ2n) is 6.76. The molecule has 0 amide bonds. The number of oxazole rings is 1. The second-order valence-corrected chi connectivity index (χ2v) is 7.68. The molecule has 0 aliphatic rings. The monoisotopic (exact) mass is 418 g/mol. The molecule has 1 heterocycles. The van der Waals surface area contributed by atoms with Gasteiger partial charge < -0.3 is 4.42 Å². The van der Waals surface area contributed by atoms with Gasteiger partial charge in [0.2, 0.25) is 5.89 Å². The zero-order chi connectivity index (χ0) is 19.0. The Morgan fingerprint density at radius 3 is 2.48 bits per heavy atom. The highest BCUT2D eigenvalue weighted by atomic mass is 79.9. The molecule has 0 spiro atoms. The Bertz CT molecular complexity index is 1160. The van der Waals surface area contributed by atoms with Gasteiger partial charge in [-0.05, 0) is 73.4 Å². The standard InChI is InChI=1S/C23H19BrN2O/c1-14-10-16(3)22-21(11-14)26-23(27-22)18-7-4-15(2)20(12-18)25-13-17-5-8-19(24)9-6-17/h4-13H,1-3H3. The SMILES string of the molecule is Cc1cc(C)c2oc(-c3ccc(C)c(N=Cc4ccc(Br)cc4)c3)nc2c1. The smallest absolute Gasteiger partial charge is 0.227 e. The van der Waals surface area contributed by atoms with Gasteiger partial charge in [0.25, 0.3) is 0 Å². The average Bonchev–Trinajstić information content (AvgIpc) is 3.07. The number of halogens is 1. The molecule has 4 rings (SSSR count). The predicted octanol–water partition coefficient (Wildman–Crippen LogP) is 6.93. The molecule has 0 aliphatic carbocycles. The van der Waals surface area contributed by atoms with Gasteiger partial charge in [0, 0.05) is 16.3 Å². The van der Waals surface area contributed by atoms with Crippen molar-refractivity contribution in [2.45, 2.75) is 20.8 Å². The van der Waals surface area contributed by atoms with Gasteiger partial charge in [-0.3, -0.25) is 4.99 Å². The highest BCUT2D eigenvalue weighted by molar-refractivity contribution is 9.10. The third-order valence-electron chi connectivity index (χ3n) is 4.50. The predicted molar refractivity (Wildman–Crippen MR) is 115 cm³/mol. The van der Waals surface area contributed by atoms with Crippen LogP contribution in [0.4, 0.5) is 5.69 Å². The zero-order valence-corrected chi connectivity index (χ0v) is 17.0. The maximum Gasteiger partial charge on any atom is 0.227 e. The van der Waals surface area contributed by atoms with Crippen LogP contribution in [0.2, 0.25) is 0 Å². The number of aryl methyl sites for hydroxylation is 3. The molecule has 0 radical (unpaired) electrons. The molecule has 3 aromatic carbocycles. The van der Waals surface area contributed by atoms with E-state index in [0.717, 1.165) is 43.5 Å². The summed E-state index contributed by atoms with van der Waals surface area (Å²) < 4.78 is 7.10. The summed E-state index contributed by atoms with van der Waals surface area (Å²) in [4.78, 5) is 9.35. The normalized spacial score (nSPS) is 11.6. The summed E-state index contributed by atoms with van der Waals surface area (Å²) in [5.74, 6) is 0.624. The molecule has 0 atom stereocenters. The minimum Gasteiger partial charge on any atom is -0.436 e. The van der Waals surface area contributed by atoms with Crippen LogP contribution in [-0.4, -0.2) is 11.2 Å². The Morgan fingerprint density at radius 2 is 1.70 bits per heavy atom. The Kier molecular flexibility index (Phi) is 4.66. The van der Waals surface area contributed by atoms with Crippen LogP contribution in [0.3, 0.4) is 0 Å². The molecular formula is C23H19BrN2O. The first-order chi connectivity index (χ1) is 13.0. The second kappa shape index (κ2) is 7.12. The van der Waals surface area contributed by atoms with E-state index in [4.69, 9.17) is 4.42 Å². The van der Waals surface area contributed by atoms with E-state index in [0.29, 0.717) is 5.89 Å². The van der Waals surface area contributed by atoms with Crippen LogP contribution >= 0.6 is 15.9 Å². The van der Waals surface area contributed by atoms with Gasteiger partial charge in [-0.15, -0.1) is 0 Å². The third kappa shape index (κ3) is 3.71. The number of nitrogens with zero attached hydrogens (tertiary/aromatic N) is 2. The van der Waals surface area contributed by atoms with Crippen molar-refractivity contribution in [1.29, 1.82) is 0 Å². The summed E-state index contributed by atoms with van der Waals surface area (Å²) in [5, 5.41) is 0. The number of benzene rings is 3. The van der Waals surface area contributed by atoms with Crippen LogP contribution in [0.5, 0.6) is 0 Å². The van der Waals surface area contributed by atoms with Crippen molar-refractivity contribution in [2.24, 2.45) is 4.99 Å². The van der Waals surface area contributed by atoms with Gasteiger partial charge in [-0.2, -0.15) is 0 Å². The molecule has 4 aromatic rings. The van der Waals surface area contributed by atoms with Gasteiger partial charge in [-0.25, -0.2) is 4.98 Å². The first-order valence-electron chi connectivity index (χ1n) is 8.78. The van der Waals surface area contributed by atoms with Gasteiger partial charge in [0.05, 0.1) is 5.69 Å². The van der Waals surface area contributed by atoms with Gasteiger partial charge in [0.1, 0.15) is 5.52 Å². The topological polar surface area (TPSA) is 38.4 Å². The maximum atomic E-state index is 6.04. The number of hydrogen-bond donors (Lipinski definition) is 0. The summed E-state index contributed by atoms with van der Waals surface area (Å²) in [6, 6.07) is 18.3. The molecule has 134 valence electrons. The molecule has 0 unspecified atom stereocenters. The van der Waals surface area contributed by atoms with Crippen LogP contribution in [0.15, 0.2) is 68.5 Å². The Balaban J connectivity index is 1.72. The number of aromatic nitrogens is 1. The Morgan fingerprint density at radius 1 is 0.926 bits per heavy atom. The quantitative estimate of drug-likeness (QED) is 0.338. The largest absolute Gasteiger partial charge is 0.436 e. The van der Waals surface area contributed by atoms with Crippen molar-refractivity contribution in [2.75, 3.05) is 0 Å². The number of hydrogen-bond acceptors (Lipinski definition) is 3. The van der Waals surface area contributed by atoms with Crippen LogP contribution < -0.4 is 0 Å². The van der Waals surface area contributed by atoms with E-state index in [1.165, 1.54) is 5.56 Å². The van der Waals surface area contributed by atoms with Crippen molar-refractivity contribution in [3.05, 3.63) is 81.3 Å². The molecule has 0 bridgehead atoms. The van der Waals surface area contributed by atoms with E-state index in [1.54, 1.807) is 0 Å². The molecule has 0 saturated heterocycles. The van der Waals surface area contributed by atoms with E-state index >= 15 is 0 Å². The molecule has 0 fully saturated rings. The highest BCUT2D eigenvalue weighted by Crippen LogP contribution is 2.31. The summed E-state index contributed by atoms with van der Waals surface area (Å²) in [6.07, 6.45) is 1.87. The fraction of sp³-hybridized carbons (Fsp3) is 0.130. The number of rotatable bonds is 3. The lowest BCUT2D eigenvalue weighted by molar-refractivity contribution is 0.617. The number of fused-ring (bicyclic) bond motifs is 1. The average molecular weight is 419 g/mol. The lowest BCUT2D eigenvalue weighted by Crippen LogP contribution is -1.83. The minimum absolute atomic E-state index is 0.624. The van der Waals surface area contributed by atoms with Crippen molar-refractivity contribution in [1.82, 2.24) is 4.98 Å². The number of aliphatic imine (C=N–C) groups is 1. The summed E-state index contributed by atoms with van der Waals surface area (Å²) in [5.41, 5.74) is 8.01. The van der Waals surface area contributed by atoms with Gasteiger partial charge >= 0.3 is 0 Å². The van der Waals surface area contributed by atoms with E-state index < -0.39 is 0 Å². The fourth-order valence-electron chi connectivity index (χ4n) is 3.07. The highest BCUT2D eigenvalue weighted by Gasteiger charge is 2.12. The van der Waals surface area contributed by atoms with Crippen molar-refractivity contribution < 1.29 is 4.42 Å².